The Morgan fingerprint density at radius 1 is 0.800 bits per heavy atom. The van der Waals surface area contributed by atoms with E-state index in [4.69, 9.17) is 3.63 Å². The Labute approximate surface area is 158 Å². The summed E-state index contributed by atoms with van der Waals surface area (Å²) < 4.78 is 28.6. The molecule has 2 rings (SSSR count). The summed E-state index contributed by atoms with van der Waals surface area (Å²) in [5.74, 6) is 0. The second kappa shape index (κ2) is 10.1. The van der Waals surface area contributed by atoms with Gasteiger partial charge in [0.25, 0.3) is 0 Å². The van der Waals surface area contributed by atoms with Gasteiger partial charge in [0, 0.05) is 0 Å². The monoisotopic (exact) mass is 312 g/mol. The SMILES string of the molecule is Cc1ccc(S(=O)OS(=O)c2ccccc2)cc1.[LiH].[NaH]. The van der Waals surface area contributed by atoms with E-state index >= 15 is 0 Å². The third-order valence-corrected chi connectivity index (χ3v) is 4.58. The molecule has 0 aliphatic rings. The van der Waals surface area contributed by atoms with Crippen LogP contribution >= 0.6 is 0 Å². The molecule has 7 heteroatoms. The zero-order valence-corrected chi connectivity index (χ0v) is 11.4. The van der Waals surface area contributed by atoms with E-state index in [9.17, 15) is 8.42 Å². The first kappa shape index (κ1) is 20.3. The van der Waals surface area contributed by atoms with Gasteiger partial charge in [-0.2, -0.15) is 3.63 Å². The molecule has 2 unspecified atom stereocenters. The van der Waals surface area contributed by atoms with Crippen LogP contribution in [0.25, 0.3) is 0 Å². The van der Waals surface area contributed by atoms with E-state index in [1.807, 2.05) is 25.1 Å². The molecule has 2 aromatic carbocycles. The van der Waals surface area contributed by atoms with Gasteiger partial charge < -0.3 is 0 Å². The summed E-state index contributed by atoms with van der Waals surface area (Å²) in [5.41, 5.74) is 1.07. The maximum atomic E-state index is 11.8. The molecule has 2 aromatic rings. The van der Waals surface area contributed by atoms with Crippen LogP contribution in [0, 0.1) is 6.92 Å². The number of benzene rings is 2. The molecule has 3 nitrogen and oxygen atoms in total. The average Bonchev–Trinajstić information content (AvgIpc) is 2.40. The van der Waals surface area contributed by atoms with Crippen LogP contribution in [0.4, 0.5) is 0 Å². The molecule has 0 spiro atoms. The molecule has 0 saturated carbocycles. The predicted octanol–water partition coefficient (Wildman–Crippen LogP) is 1.46. The van der Waals surface area contributed by atoms with Crippen molar-refractivity contribution in [3.8, 4) is 0 Å². The van der Waals surface area contributed by atoms with Gasteiger partial charge in [0.2, 0.25) is 22.2 Å². The van der Waals surface area contributed by atoms with Crippen LogP contribution in [-0.2, 0) is 25.8 Å². The van der Waals surface area contributed by atoms with Crippen molar-refractivity contribution in [1.29, 1.82) is 0 Å². The van der Waals surface area contributed by atoms with Gasteiger partial charge >= 0.3 is 48.4 Å². The third kappa shape index (κ3) is 5.96. The molecule has 0 N–H and O–H groups in total. The molecule has 0 bridgehead atoms. The summed E-state index contributed by atoms with van der Waals surface area (Å²) in [6.07, 6.45) is 0. The van der Waals surface area contributed by atoms with Crippen molar-refractivity contribution in [2.24, 2.45) is 0 Å². The van der Waals surface area contributed by atoms with Crippen LogP contribution in [0.5, 0.6) is 0 Å². The first-order valence-corrected chi connectivity index (χ1v) is 7.46. The summed E-state index contributed by atoms with van der Waals surface area (Å²) in [5, 5.41) is 0. The number of hydrogen-bond acceptors (Lipinski definition) is 3. The predicted molar refractivity (Wildman–Crippen MR) is 85.8 cm³/mol. The summed E-state index contributed by atoms with van der Waals surface area (Å²) in [6.45, 7) is 1.94. The molecular formula is C13H14LiNaO3S2. The molecule has 0 radical (unpaired) electrons. The molecule has 0 saturated heterocycles. The molecule has 0 aromatic heterocycles. The van der Waals surface area contributed by atoms with E-state index in [0.29, 0.717) is 9.79 Å². The molecule has 2 atom stereocenters. The van der Waals surface area contributed by atoms with Crippen molar-refractivity contribution < 1.29 is 12.0 Å². The van der Waals surface area contributed by atoms with Crippen LogP contribution in [0.1, 0.15) is 5.56 Å². The van der Waals surface area contributed by atoms with Gasteiger partial charge in [-0.3, -0.25) is 0 Å². The molecule has 0 fully saturated rings. The molecule has 0 aliphatic heterocycles. The summed E-state index contributed by atoms with van der Waals surface area (Å²) >= 11 is -3.44. The van der Waals surface area contributed by atoms with Gasteiger partial charge in [0.15, 0.2) is 0 Å². The van der Waals surface area contributed by atoms with Crippen LogP contribution in [0.2, 0.25) is 0 Å². The number of rotatable bonds is 4. The van der Waals surface area contributed by atoms with Gasteiger partial charge in [-0.15, -0.1) is 0 Å². The van der Waals surface area contributed by atoms with E-state index in [0.717, 1.165) is 5.56 Å². The molecular weight excluding hydrogens is 298 g/mol. The zero-order valence-electron chi connectivity index (χ0n) is 9.74. The van der Waals surface area contributed by atoms with E-state index in [1.165, 1.54) is 0 Å². The Morgan fingerprint density at radius 3 is 1.75 bits per heavy atom. The minimum atomic E-state index is -1.72. The molecule has 98 valence electrons. The maximum absolute atomic E-state index is 11.8. The zero-order chi connectivity index (χ0) is 13.0. The van der Waals surface area contributed by atoms with Crippen LogP contribution < -0.4 is 0 Å². The van der Waals surface area contributed by atoms with Crippen LogP contribution in [-0.4, -0.2) is 56.8 Å². The van der Waals surface area contributed by atoms with Crippen molar-refractivity contribution in [2.75, 3.05) is 0 Å². The minimum absolute atomic E-state index is 0. The van der Waals surface area contributed by atoms with Crippen LogP contribution in [0.3, 0.4) is 0 Å². The van der Waals surface area contributed by atoms with Crippen LogP contribution in [0.15, 0.2) is 64.4 Å². The second-order valence-electron chi connectivity index (χ2n) is 3.66. The first-order chi connectivity index (χ1) is 8.66. The van der Waals surface area contributed by atoms with Crippen molar-refractivity contribution >= 4 is 70.6 Å². The Bertz CT molecular complexity index is 576. The first-order valence-electron chi connectivity index (χ1n) is 5.31. The molecule has 0 heterocycles. The normalized spacial score (nSPS) is 12.7. The molecule has 0 amide bonds. The Hall–Kier alpha value is 0.297. The number of hydrogen-bond donors (Lipinski definition) is 0. The summed E-state index contributed by atoms with van der Waals surface area (Å²) in [7, 11) is 0. The Balaban J connectivity index is 0.00000180. The van der Waals surface area contributed by atoms with Gasteiger partial charge in [-0.25, -0.2) is 8.42 Å². The quantitative estimate of drug-likeness (QED) is 0.803. The summed E-state index contributed by atoms with van der Waals surface area (Å²) in [6, 6.07) is 15.7. The van der Waals surface area contributed by atoms with E-state index in [1.54, 1.807) is 36.4 Å². The van der Waals surface area contributed by atoms with Crippen molar-refractivity contribution in [1.82, 2.24) is 0 Å². The molecule has 0 aliphatic carbocycles. The van der Waals surface area contributed by atoms with Crippen molar-refractivity contribution in [2.45, 2.75) is 16.7 Å². The summed E-state index contributed by atoms with van der Waals surface area (Å²) in [4.78, 5) is 1.00. The molecule has 20 heavy (non-hydrogen) atoms. The fourth-order valence-corrected chi connectivity index (χ4v) is 3.13. The number of aryl methyl sites for hydroxylation is 1. The van der Waals surface area contributed by atoms with E-state index < -0.39 is 22.2 Å². The van der Waals surface area contributed by atoms with E-state index in [2.05, 4.69) is 0 Å². The Morgan fingerprint density at radius 2 is 1.25 bits per heavy atom. The second-order valence-corrected chi connectivity index (χ2v) is 6.09. The van der Waals surface area contributed by atoms with Gasteiger partial charge in [-0.05, 0) is 31.2 Å². The van der Waals surface area contributed by atoms with Gasteiger partial charge in [-0.1, -0.05) is 35.9 Å². The van der Waals surface area contributed by atoms with E-state index in [-0.39, 0.29) is 48.4 Å². The van der Waals surface area contributed by atoms with Gasteiger partial charge in [0.1, 0.15) is 0 Å². The van der Waals surface area contributed by atoms with Crippen molar-refractivity contribution in [3.63, 3.8) is 0 Å². The van der Waals surface area contributed by atoms with Gasteiger partial charge in [0.05, 0.1) is 9.79 Å². The Kier molecular flexibility index (Phi) is 10.2. The topological polar surface area (TPSA) is 43.4 Å². The third-order valence-electron chi connectivity index (χ3n) is 2.27. The average molecular weight is 312 g/mol. The fourth-order valence-electron chi connectivity index (χ4n) is 1.32. The standard InChI is InChI=1S/C13H12O3S2.Li.Na.2H/c1-11-7-9-13(10-8-11)18(15)16-17(14)12-5-3-2-4-6-12;;;;/h2-10H,1H3;;;;. The van der Waals surface area contributed by atoms with Crippen molar-refractivity contribution in [3.05, 3.63) is 60.2 Å². The fraction of sp³-hybridized carbons (Fsp3) is 0.0769.